The minimum absolute atomic E-state index is 0.176. The highest BCUT2D eigenvalue weighted by Crippen LogP contribution is 2.50. The Balaban J connectivity index is 2.18. The second kappa shape index (κ2) is 5.43. The van der Waals surface area contributed by atoms with Gasteiger partial charge in [-0.3, -0.25) is 0 Å². The average Bonchev–Trinajstić information content (AvgIpc) is 2.62. The van der Waals surface area contributed by atoms with E-state index in [1.54, 1.807) is 0 Å². The molecule has 0 atom stereocenters. The van der Waals surface area contributed by atoms with Gasteiger partial charge in [-0.2, -0.15) is 0 Å². The number of nitrogens with zero attached hydrogens (tertiary/aromatic N) is 1. The first-order valence-corrected chi connectivity index (χ1v) is 9.49. The monoisotopic (exact) mass is 336 g/mol. The summed E-state index contributed by atoms with van der Waals surface area (Å²) >= 11 is 0. The lowest BCUT2D eigenvalue weighted by molar-refractivity contribution is -0.661. The third-order valence-electron chi connectivity index (χ3n) is 5.98. The molecular formula is C24H34N+. The Morgan fingerprint density at radius 3 is 2.00 bits per heavy atom. The number of pyridine rings is 1. The van der Waals surface area contributed by atoms with Crippen LogP contribution >= 0.6 is 0 Å². The van der Waals surface area contributed by atoms with E-state index in [4.69, 9.17) is 0 Å². The van der Waals surface area contributed by atoms with Gasteiger partial charge in [0.25, 0.3) is 0 Å². The van der Waals surface area contributed by atoms with Crippen molar-refractivity contribution in [1.29, 1.82) is 0 Å². The van der Waals surface area contributed by atoms with E-state index in [2.05, 4.69) is 97.5 Å². The molecule has 0 aliphatic heterocycles. The van der Waals surface area contributed by atoms with Crippen LogP contribution < -0.4 is 4.57 Å². The quantitative estimate of drug-likeness (QED) is 0.584. The van der Waals surface area contributed by atoms with Crippen molar-refractivity contribution in [2.45, 2.75) is 78.1 Å². The highest BCUT2D eigenvalue weighted by molar-refractivity contribution is 5.66. The van der Waals surface area contributed by atoms with Crippen molar-refractivity contribution >= 4 is 0 Å². The smallest absolute Gasteiger partial charge is 0.201 e. The molecule has 3 rings (SSSR count). The van der Waals surface area contributed by atoms with Gasteiger partial charge in [0.15, 0.2) is 6.20 Å². The highest BCUT2D eigenvalue weighted by Gasteiger charge is 2.42. The van der Waals surface area contributed by atoms with Gasteiger partial charge in [0, 0.05) is 17.2 Å². The lowest BCUT2D eigenvalue weighted by Gasteiger charge is -2.22. The molecule has 0 spiro atoms. The summed E-state index contributed by atoms with van der Waals surface area (Å²) in [4.78, 5) is 0. The van der Waals surface area contributed by atoms with Crippen molar-refractivity contribution < 1.29 is 4.57 Å². The predicted molar refractivity (Wildman–Crippen MR) is 107 cm³/mol. The Hall–Kier alpha value is -1.63. The third-order valence-corrected chi connectivity index (χ3v) is 5.98. The van der Waals surface area contributed by atoms with Crippen LogP contribution in [0.25, 0.3) is 11.3 Å². The highest BCUT2D eigenvalue weighted by atomic mass is 14.9. The van der Waals surface area contributed by atoms with Gasteiger partial charge in [-0.15, -0.1) is 0 Å². The van der Waals surface area contributed by atoms with Crippen molar-refractivity contribution in [3.05, 3.63) is 52.7 Å². The molecule has 1 nitrogen and oxygen atoms in total. The van der Waals surface area contributed by atoms with Crippen LogP contribution in [0.15, 0.2) is 30.5 Å². The van der Waals surface area contributed by atoms with E-state index in [9.17, 15) is 0 Å². The molecule has 0 radical (unpaired) electrons. The zero-order chi connectivity index (χ0) is 18.8. The van der Waals surface area contributed by atoms with Crippen LogP contribution in [0.1, 0.15) is 77.1 Å². The van der Waals surface area contributed by atoms with E-state index in [1.165, 1.54) is 39.9 Å². The van der Waals surface area contributed by atoms with Crippen molar-refractivity contribution in [1.82, 2.24) is 0 Å². The number of hydrogen-bond acceptors (Lipinski definition) is 0. The first-order valence-electron chi connectivity index (χ1n) is 9.49. The van der Waals surface area contributed by atoms with Crippen molar-refractivity contribution in [2.24, 2.45) is 7.05 Å². The number of fused-ring (bicyclic) bond motifs is 1. The van der Waals surface area contributed by atoms with Crippen molar-refractivity contribution in [3.63, 3.8) is 0 Å². The molecule has 134 valence electrons. The molecule has 1 aromatic heterocycles. The van der Waals surface area contributed by atoms with Crippen LogP contribution in [0.3, 0.4) is 0 Å². The van der Waals surface area contributed by atoms with Crippen LogP contribution in [0.4, 0.5) is 0 Å². The Bertz CT molecular complexity index is 832. The molecule has 1 aliphatic carbocycles. The molecule has 0 fully saturated rings. The molecule has 0 saturated carbocycles. The average molecular weight is 337 g/mol. The van der Waals surface area contributed by atoms with E-state index < -0.39 is 0 Å². The number of aromatic nitrogens is 1. The Morgan fingerprint density at radius 2 is 1.48 bits per heavy atom. The lowest BCUT2D eigenvalue weighted by atomic mass is 9.82. The fourth-order valence-electron chi connectivity index (χ4n) is 4.73. The maximum absolute atomic E-state index is 2.46. The summed E-state index contributed by atoms with van der Waals surface area (Å²) in [6.07, 6.45) is 3.50. The van der Waals surface area contributed by atoms with Gasteiger partial charge in [0.05, 0.1) is 0 Å². The van der Waals surface area contributed by atoms with Crippen molar-refractivity contribution in [2.75, 3.05) is 0 Å². The maximum Gasteiger partial charge on any atom is 0.212 e. The summed E-state index contributed by atoms with van der Waals surface area (Å²) in [6.45, 7) is 18.6. The predicted octanol–water partition coefficient (Wildman–Crippen LogP) is 5.74. The first-order chi connectivity index (χ1) is 11.3. The van der Waals surface area contributed by atoms with Gasteiger partial charge < -0.3 is 0 Å². The molecule has 0 saturated heterocycles. The van der Waals surface area contributed by atoms with Crippen LogP contribution in [0, 0.1) is 6.92 Å². The maximum atomic E-state index is 2.46. The van der Waals surface area contributed by atoms with Crippen molar-refractivity contribution in [3.8, 4) is 11.3 Å². The third kappa shape index (κ3) is 3.03. The topological polar surface area (TPSA) is 3.88 Å². The van der Waals surface area contributed by atoms with Gasteiger partial charge >= 0.3 is 0 Å². The first kappa shape index (κ1) is 18.2. The van der Waals surface area contributed by atoms with Crippen LogP contribution in [-0.4, -0.2) is 0 Å². The van der Waals surface area contributed by atoms with E-state index in [1.807, 2.05) is 0 Å². The Labute approximate surface area is 154 Å². The molecule has 0 N–H and O–H groups in total. The van der Waals surface area contributed by atoms with Gasteiger partial charge in [-0.05, 0) is 58.4 Å². The summed E-state index contributed by atoms with van der Waals surface area (Å²) in [5.74, 6) is 0. The minimum Gasteiger partial charge on any atom is -0.201 e. The normalized spacial score (nSPS) is 18.3. The zero-order valence-electron chi connectivity index (χ0n) is 17.5. The number of aryl methyl sites for hydroxylation is 2. The Kier molecular flexibility index (Phi) is 3.95. The lowest BCUT2D eigenvalue weighted by Crippen LogP contribution is -2.33. The van der Waals surface area contributed by atoms with Crippen LogP contribution in [-0.2, 0) is 23.3 Å². The summed E-state index contributed by atoms with van der Waals surface area (Å²) in [7, 11) is 2.17. The molecular weight excluding hydrogens is 302 g/mol. The number of benzene rings is 1. The van der Waals surface area contributed by atoms with Crippen LogP contribution in [0.2, 0.25) is 0 Å². The second-order valence-corrected chi connectivity index (χ2v) is 10.3. The van der Waals surface area contributed by atoms with E-state index >= 15 is 0 Å². The molecule has 1 aromatic carbocycles. The minimum atomic E-state index is 0.176. The summed E-state index contributed by atoms with van der Waals surface area (Å²) in [6, 6.07) is 9.49. The van der Waals surface area contributed by atoms with Gasteiger partial charge in [0.1, 0.15) is 7.05 Å². The molecule has 1 heteroatoms. The summed E-state index contributed by atoms with van der Waals surface area (Å²) in [5.41, 5.74) is 9.16. The summed E-state index contributed by atoms with van der Waals surface area (Å²) < 4.78 is 2.29. The fourth-order valence-corrected chi connectivity index (χ4v) is 4.73. The van der Waals surface area contributed by atoms with Gasteiger partial charge in [-0.1, -0.05) is 54.5 Å². The Morgan fingerprint density at radius 1 is 0.920 bits per heavy atom. The molecule has 2 aromatic rings. The second-order valence-electron chi connectivity index (χ2n) is 10.3. The van der Waals surface area contributed by atoms with Gasteiger partial charge in [0.2, 0.25) is 5.69 Å². The SMILES string of the molecule is Cc1cc2c(cc1-c1ccc(C(C)(C)C)c[n+]1C)C(C)(C)CC2(C)C. The number of hydrogen-bond donors (Lipinski definition) is 0. The molecule has 0 amide bonds. The standard InChI is InChI=1S/C24H34N/c1-16-12-19-20(24(7,8)15-23(19,5)6)13-18(16)21-11-10-17(14-25(21)9)22(2,3)4/h10-14H,15H2,1-9H3/q+1. The van der Waals surface area contributed by atoms with Crippen LogP contribution in [0.5, 0.6) is 0 Å². The number of rotatable bonds is 1. The molecule has 0 unspecified atom stereocenters. The zero-order valence-corrected chi connectivity index (χ0v) is 17.5. The largest absolute Gasteiger partial charge is 0.212 e. The molecule has 1 aliphatic rings. The van der Waals surface area contributed by atoms with Gasteiger partial charge in [-0.25, -0.2) is 4.57 Å². The fraction of sp³-hybridized carbons (Fsp3) is 0.542. The molecule has 25 heavy (non-hydrogen) atoms. The summed E-state index contributed by atoms with van der Waals surface area (Å²) in [5, 5.41) is 0. The van der Waals surface area contributed by atoms with E-state index in [0.717, 1.165) is 0 Å². The van der Waals surface area contributed by atoms with E-state index in [-0.39, 0.29) is 16.2 Å². The molecule has 1 heterocycles. The van der Waals surface area contributed by atoms with E-state index in [0.29, 0.717) is 0 Å². The molecule has 0 bridgehead atoms.